The summed E-state index contributed by atoms with van der Waals surface area (Å²) >= 11 is 0. The Morgan fingerprint density at radius 2 is 1.74 bits per heavy atom. The van der Waals surface area contributed by atoms with Gasteiger partial charge in [-0.15, -0.1) is 0 Å². The fourth-order valence-electron chi connectivity index (χ4n) is 3.30. The molecule has 142 valence electrons. The van der Waals surface area contributed by atoms with Gasteiger partial charge in [0.05, 0.1) is 11.9 Å². The lowest BCUT2D eigenvalue weighted by Crippen LogP contribution is -2.34. The highest BCUT2D eigenvalue weighted by Gasteiger charge is 2.32. The molecule has 0 saturated heterocycles. The van der Waals surface area contributed by atoms with Gasteiger partial charge in [0.15, 0.2) is 18.2 Å². The summed E-state index contributed by atoms with van der Waals surface area (Å²) in [6.07, 6.45) is 1.75. The van der Waals surface area contributed by atoms with E-state index < -0.39 is 10.0 Å². The minimum Gasteiger partial charge on any atom is -0.485 e. The zero-order chi connectivity index (χ0) is 19.8. The van der Waals surface area contributed by atoms with Crippen LogP contribution in [-0.2, 0) is 16.4 Å². The summed E-state index contributed by atoms with van der Waals surface area (Å²) in [7, 11) is -3.35. The molecule has 2 aromatic carbocycles. The molecule has 6 nitrogen and oxygen atoms in total. The third-order valence-electron chi connectivity index (χ3n) is 4.54. The van der Waals surface area contributed by atoms with Crippen molar-refractivity contribution in [1.29, 1.82) is 0 Å². The van der Waals surface area contributed by atoms with Crippen LogP contribution in [0.25, 0.3) is 0 Å². The van der Waals surface area contributed by atoms with Crippen LogP contribution in [0.4, 0.5) is 5.69 Å². The zero-order valence-corrected chi connectivity index (χ0v) is 16.2. The standard InChI is InChI=1S/C20H21NO5S/c1-13-10-17-11-16(6-9-19(17)21(13)27(3,24)25)20(23)12-26-18-7-4-15(5-8-18)14(2)22/h4-9,11,13H,10,12H2,1-3H3/t13-/m0/s1. The summed E-state index contributed by atoms with van der Waals surface area (Å²) in [5.74, 6) is 0.276. The second-order valence-corrected chi connectivity index (χ2v) is 8.61. The second-order valence-electron chi connectivity index (χ2n) is 6.75. The molecule has 1 atom stereocenters. The Bertz CT molecular complexity index is 996. The van der Waals surface area contributed by atoms with E-state index in [-0.39, 0.29) is 24.2 Å². The van der Waals surface area contributed by atoms with Crippen LogP contribution in [0.15, 0.2) is 42.5 Å². The highest BCUT2D eigenvalue weighted by atomic mass is 32.2. The van der Waals surface area contributed by atoms with E-state index in [1.165, 1.54) is 17.5 Å². The molecule has 0 fully saturated rings. The number of anilines is 1. The highest BCUT2D eigenvalue weighted by Crippen LogP contribution is 2.34. The predicted octanol–water partition coefficient (Wildman–Crippen LogP) is 2.86. The van der Waals surface area contributed by atoms with Gasteiger partial charge in [-0.3, -0.25) is 13.9 Å². The fraction of sp³-hybridized carbons (Fsp3) is 0.300. The van der Waals surface area contributed by atoms with Gasteiger partial charge in [-0.2, -0.15) is 0 Å². The Morgan fingerprint density at radius 3 is 2.33 bits per heavy atom. The quantitative estimate of drug-likeness (QED) is 0.712. The predicted molar refractivity (Wildman–Crippen MR) is 103 cm³/mol. The van der Waals surface area contributed by atoms with Crippen molar-refractivity contribution in [3.8, 4) is 5.75 Å². The minimum atomic E-state index is -3.35. The summed E-state index contributed by atoms with van der Waals surface area (Å²) in [4.78, 5) is 23.7. The van der Waals surface area contributed by atoms with E-state index >= 15 is 0 Å². The average Bonchev–Trinajstić information content (AvgIpc) is 2.94. The molecular formula is C20H21NO5S. The number of hydrogen-bond acceptors (Lipinski definition) is 5. The third-order valence-corrected chi connectivity index (χ3v) is 5.81. The molecule has 0 aliphatic carbocycles. The van der Waals surface area contributed by atoms with E-state index in [0.717, 1.165) is 5.56 Å². The minimum absolute atomic E-state index is 0.0341. The first-order valence-corrected chi connectivity index (χ1v) is 10.4. The van der Waals surface area contributed by atoms with Gasteiger partial charge in [-0.1, -0.05) is 0 Å². The normalized spacial score (nSPS) is 16.1. The van der Waals surface area contributed by atoms with Crippen LogP contribution in [0.2, 0.25) is 0 Å². The van der Waals surface area contributed by atoms with Crippen LogP contribution >= 0.6 is 0 Å². The highest BCUT2D eigenvalue weighted by molar-refractivity contribution is 7.92. The summed E-state index contributed by atoms with van der Waals surface area (Å²) in [6.45, 7) is 3.19. The van der Waals surface area contributed by atoms with Gasteiger partial charge in [0.2, 0.25) is 10.0 Å². The monoisotopic (exact) mass is 387 g/mol. The maximum Gasteiger partial charge on any atom is 0.232 e. The molecule has 7 heteroatoms. The smallest absolute Gasteiger partial charge is 0.232 e. The number of fused-ring (bicyclic) bond motifs is 1. The lowest BCUT2D eigenvalue weighted by Gasteiger charge is -2.21. The molecule has 1 aliphatic rings. The summed E-state index contributed by atoms with van der Waals surface area (Å²) in [6, 6.07) is 11.5. The lowest BCUT2D eigenvalue weighted by molar-refractivity contribution is 0.0920. The van der Waals surface area contributed by atoms with Crippen LogP contribution in [0.3, 0.4) is 0 Å². The number of ether oxygens (including phenoxy) is 1. The van der Waals surface area contributed by atoms with Crippen molar-refractivity contribution in [2.75, 3.05) is 17.2 Å². The first kappa shape index (κ1) is 19.1. The number of carbonyl (C=O) groups is 2. The van der Waals surface area contributed by atoms with E-state index in [1.54, 1.807) is 42.5 Å². The maximum absolute atomic E-state index is 12.4. The lowest BCUT2D eigenvalue weighted by atomic mass is 10.0. The Hall–Kier alpha value is -2.67. The molecule has 27 heavy (non-hydrogen) atoms. The molecule has 0 radical (unpaired) electrons. The van der Waals surface area contributed by atoms with Gasteiger partial charge in [0, 0.05) is 17.2 Å². The van der Waals surface area contributed by atoms with Gasteiger partial charge in [0.25, 0.3) is 0 Å². The van der Waals surface area contributed by atoms with E-state index in [1.807, 2.05) is 6.92 Å². The largest absolute Gasteiger partial charge is 0.485 e. The molecule has 0 bridgehead atoms. The molecule has 0 unspecified atom stereocenters. The van der Waals surface area contributed by atoms with Gasteiger partial charge in [0.1, 0.15) is 5.75 Å². The van der Waals surface area contributed by atoms with Gasteiger partial charge in [-0.05, 0) is 68.3 Å². The van der Waals surface area contributed by atoms with Crippen molar-refractivity contribution in [3.63, 3.8) is 0 Å². The first-order chi connectivity index (χ1) is 12.7. The second kappa shape index (κ2) is 7.15. The molecule has 1 aliphatic heterocycles. The van der Waals surface area contributed by atoms with Crippen molar-refractivity contribution in [2.24, 2.45) is 0 Å². The molecule has 0 aromatic heterocycles. The number of sulfonamides is 1. The Kier molecular flexibility index (Phi) is 5.06. The van der Waals surface area contributed by atoms with Crippen LogP contribution in [0, 0.1) is 0 Å². The van der Waals surface area contributed by atoms with E-state index in [2.05, 4.69) is 0 Å². The average molecular weight is 387 g/mol. The van der Waals surface area contributed by atoms with Gasteiger partial charge in [-0.25, -0.2) is 8.42 Å². The number of nitrogens with zero attached hydrogens (tertiary/aromatic N) is 1. The Morgan fingerprint density at radius 1 is 1.11 bits per heavy atom. The van der Waals surface area contributed by atoms with Crippen LogP contribution in [0.5, 0.6) is 5.75 Å². The van der Waals surface area contributed by atoms with Crippen molar-refractivity contribution in [3.05, 3.63) is 59.2 Å². The van der Waals surface area contributed by atoms with Gasteiger partial charge >= 0.3 is 0 Å². The summed E-state index contributed by atoms with van der Waals surface area (Å²) < 4.78 is 30.8. The van der Waals surface area contributed by atoms with Crippen molar-refractivity contribution in [2.45, 2.75) is 26.3 Å². The van der Waals surface area contributed by atoms with Crippen molar-refractivity contribution < 1.29 is 22.7 Å². The van der Waals surface area contributed by atoms with E-state index in [9.17, 15) is 18.0 Å². The Balaban J connectivity index is 1.71. The number of hydrogen-bond donors (Lipinski definition) is 0. The molecule has 2 aromatic rings. The molecule has 0 N–H and O–H groups in total. The zero-order valence-electron chi connectivity index (χ0n) is 15.4. The van der Waals surface area contributed by atoms with Crippen LogP contribution in [-0.4, -0.2) is 38.9 Å². The number of benzene rings is 2. The van der Waals surface area contributed by atoms with Gasteiger partial charge < -0.3 is 4.74 Å². The SMILES string of the molecule is CC(=O)c1ccc(OCC(=O)c2ccc3c(c2)C[C@H](C)N3S(C)(=O)=O)cc1. The first-order valence-electron chi connectivity index (χ1n) is 8.56. The maximum atomic E-state index is 12.4. The molecule has 0 spiro atoms. The number of ketones is 2. The molecular weight excluding hydrogens is 366 g/mol. The molecule has 1 heterocycles. The fourth-order valence-corrected chi connectivity index (χ4v) is 4.56. The van der Waals surface area contributed by atoms with Crippen molar-refractivity contribution in [1.82, 2.24) is 0 Å². The molecule has 0 saturated carbocycles. The number of carbonyl (C=O) groups excluding carboxylic acids is 2. The number of Topliss-reactive ketones (excluding diaryl/α,β-unsaturated/α-hetero) is 2. The van der Waals surface area contributed by atoms with Crippen molar-refractivity contribution >= 4 is 27.3 Å². The topological polar surface area (TPSA) is 80.8 Å². The Labute approximate surface area is 158 Å². The molecule has 0 amide bonds. The van der Waals surface area contributed by atoms with E-state index in [0.29, 0.717) is 29.0 Å². The summed E-state index contributed by atoms with van der Waals surface area (Å²) in [5, 5.41) is 0. The summed E-state index contributed by atoms with van der Waals surface area (Å²) in [5.41, 5.74) is 2.53. The molecule has 3 rings (SSSR count). The number of rotatable bonds is 6. The van der Waals surface area contributed by atoms with E-state index in [4.69, 9.17) is 4.74 Å². The van der Waals surface area contributed by atoms with Crippen LogP contribution < -0.4 is 9.04 Å². The van der Waals surface area contributed by atoms with Crippen LogP contribution in [0.1, 0.15) is 40.1 Å². The third kappa shape index (κ3) is 4.03.